The van der Waals surface area contributed by atoms with Gasteiger partial charge in [-0.1, -0.05) is 0 Å². The highest BCUT2D eigenvalue weighted by Gasteiger charge is 2.14. The van der Waals surface area contributed by atoms with Gasteiger partial charge in [-0.2, -0.15) is 0 Å². The number of ketones is 1. The maximum atomic E-state index is 11.9. The molecule has 0 spiro atoms. The van der Waals surface area contributed by atoms with Gasteiger partial charge in [-0.25, -0.2) is 0 Å². The normalized spacial score (nSPS) is 16.4. The van der Waals surface area contributed by atoms with Crippen molar-refractivity contribution >= 4 is 58.0 Å². The van der Waals surface area contributed by atoms with Gasteiger partial charge in [-0.3, -0.25) is 4.79 Å². The fraction of sp³-hybridized carbons (Fsp3) is 0.250. The van der Waals surface area contributed by atoms with Gasteiger partial charge in [0, 0.05) is 0 Å². The van der Waals surface area contributed by atoms with Crippen molar-refractivity contribution in [2.24, 2.45) is 0 Å². The van der Waals surface area contributed by atoms with E-state index in [9.17, 15) is 4.79 Å². The van der Waals surface area contributed by atoms with Gasteiger partial charge in [-0.05, 0) is 64.8 Å². The molecule has 1 aliphatic heterocycles. The van der Waals surface area contributed by atoms with E-state index < -0.39 is 0 Å². The van der Waals surface area contributed by atoms with Crippen molar-refractivity contribution < 1.29 is 9.21 Å². The minimum atomic E-state index is 0.0545. The first-order valence-electron chi connectivity index (χ1n) is 5.18. The number of hydrogen-bond acceptors (Lipinski definition) is 4. The van der Waals surface area contributed by atoms with Crippen molar-refractivity contribution in [2.45, 2.75) is 6.42 Å². The first-order chi connectivity index (χ1) is 8.27. The predicted octanol–water partition coefficient (Wildman–Crippen LogP) is 4.34. The molecule has 2 rings (SSSR count). The topological polar surface area (TPSA) is 30.2 Å². The Labute approximate surface area is 122 Å². The Morgan fingerprint density at radius 3 is 2.82 bits per heavy atom. The van der Waals surface area contributed by atoms with Gasteiger partial charge in [0.15, 0.2) is 5.78 Å². The van der Waals surface area contributed by atoms with Gasteiger partial charge >= 0.3 is 0 Å². The molecule has 0 atom stereocenters. The number of rotatable bonds is 3. The molecule has 1 fully saturated rings. The van der Waals surface area contributed by atoms with Crippen LogP contribution in [-0.2, 0) is 4.79 Å². The van der Waals surface area contributed by atoms with Crippen LogP contribution in [0.2, 0.25) is 0 Å². The van der Waals surface area contributed by atoms with Gasteiger partial charge in [0.1, 0.15) is 5.76 Å². The molecular weight excluding hydrogens is 367 g/mol. The molecule has 2 nitrogen and oxygen atoms in total. The second-order valence-corrected chi connectivity index (χ2v) is 6.91. The van der Waals surface area contributed by atoms with Crippen LogP contribution in [0.15, 0.2) is 36.7 Å². The highest BCUT2D eigenvalue weighted by atomic mass is 127. The summed E-state index contributed by atoms with van der Waals surface area (Å²) in [4.78, 5) is 11.9. The van der Waals surface area contributed by atoms with Crippen LogP contribution in [-0.4, -0.2) is 17.3 Å². The number of carbonyl (C=O) groups is 1. The minimum Gasteiger partial charge on any atom is -0.465 e. The summed E-state index contributed by atoms with van der Waals surface area (Å²) in [5, 5.41) is 0. The highest BCUT2D eigenvalue weighted by Crippen LogP contribution is 2.39. The quantitative estimate of drug-likeness (QED) is 0.579. The van der Waals surface area contributed by atoms with Crippen LogP contribution >= 0.6 is 46.1 Å². The van der Waals surface area contributed by atoms with Crippen LogP contribution in [0.3, 0.4) is 0 Å². The molecule has 0 unspecified atom stereocenters. The zero-order chi connectivity index (χ0) is 12.1. The second-order valence-electron chi connectivity index (χ2n) is 3.36. The molecule has 0 N–H and O–H groups in total. The Hall–Kier alpha value is -0.140. The standard InChI is InChI=1S/C12H11IO2S2/c13-11(12-16-7-2-8-17-12)10(14)5-4-9-3-1-6-15-9/h1,3-6H,2,7-8H2/b5-4+. The Bertz CT molecular complexity index is 441. The molecule has 1 aromatic rings. The van der Waals surface area contributed by atoms with Crippen LogP contribution < -0.4 is 0 Å². The molecule has 0 radical (unpaired) electrons. The van der Waals surface area contributed by atoms with E-state index in [2.05, 4.69) is 22.6 Å². The van der Waals surface area contributed by atoms with E-state index in [1.165, 1.54) is 6.42 Å². The van der Waals surface area contributed by atoms with Crippen LogP contribution in [0.5, 0.6) is 0 Å². The number of furan rings is 1. The monoisotopic (exact) mass is 378 g/mol. The summed E-state index contributed by atoms with van der Waals surface area (Å²) in [5.74, 6) is 2.99. The van der Waals surface area contributed by atoms with Gasteiger partial charge in [-0.15, -0.1) is 23.5 Å². The van der Waals surface area contributed by atoms with Crippen LogP contribution in [0.1, 0.15) is 12.2 Å². The van der Waals surface area contributed by atoms with Crippen molar-refractivity contribution in [3.63, 3.8) is 0 Å². The lowest BCUT2D eigenvalue weighted by molar-refractivity contribution is -0.110. The minimum absolute atomic E-state index is 0.0545. The third-order valence-electron chi connectivity index (χ3n) is 2.09. The smallest absolute Gasteiger partial charge is 0.193 e. The molecule has 90 valence electrons. The third-order valence-corrected chi connectivity index (χ3v) is 6.52. The summed E-state index contributed by atoms with van der Waals surface area (Å²) < 4.78 is 7.12. The van der Waals surface area contributed by atoms with Crippen molar-refractivity contribution in [1.82, 2.24) is 0 Å². The zero-order valence-corrected chi connectivity index (χ0v) is 12.8. The van der Waals surface area contributed by atoms with E-state index in [1.54, 1.807) is 48.0 Å². The number of hydrogen-bond donors (Lipinski definition) is 0. The van der Waals surface area contributed by atoms with Crippen molar-refractivity contribution in [2.75, 3.05) is 11.5 Å². The summed E-state index contributed by atoms with van der Waals surface area (Å²) in [6.07, 6.45) is 6.10. The Balaban J connectivity index is 2.04. The first kappa shape index (κ1) is 13.3. The van der Waals surface area contributed by atoms with Gasteiger partial charge in [0.05, 0.1) is 14.1 Å². The zero-order valence-electron chi connectivity index (χ0n) is 9.02. The lowest BCUT2D eigenvalue weighted by Gasteiger charge is -2.13. The van der Waals surface area contributed by atoms with Gasteiger partial charge in [0.2, 0.25) is 0 Å². The van der Waals surface area contributed by atoms with Crippen molar-refractivity contribution in [3.05, 3.63) is 38.0 Å². The second kappa shape index (κ2) is 6.70. The highest BCUT2D eigenvalue weighted by molar-refractivity contribution is 14.1. The number of carbonyl (C=O) groups excluding carboxylic acids is 1. The fourth-order valence-electron chi connectivity index (χ4n) is 1.27. The molecular formula is C12H11IO2S2. The average molecular weight is 378 g/mol. The molecule has 5 heteroatoms. The molecule has 1 aromatic heterocycles. The molecule has 0 aromatic carbocycles. The molecule has 17 heavy (non-hydrogen) atoms. The summed E-state index contributed by atoms with van der Waals surface area (Å²) in [5.41, 5.74) is 0. The molecule has 1 aliphatic rings. The summed E-state index contributed by atoms with van der Waals surface area (Å²) in [6.45, 7) is 0. The summed E-state index contributed by atoms with van der Waals surface area (Å²) >= 11 is 5.69. The molecule has 1 saturated heterocycles. The average Bonchev–Trinajstić information content (AvgIpc) is 2.89. The van der Waals surface area contributed by atoms with Crippen LogP contribution in [0, 0.1) is 0 Å². The van der Waals surface area contributed by atoms with Crippen molar-refractivity contribution in [1.29, 1.82) is 0 Å². The Morgan fingerprint density at radius 1 is 1.41 bits per heavy atom. The van der Waals surface area contributed by atoms with E-state index in [4.69, 9.17) is 4.42 Å². The van der Waals surface area contributed by atoms with Crippen LogP contribution in [0.25, 0.3) is 6.08 Å². The molecule has 0 amide bonds. The largest absolute Gasteiger partial charge is 0.465 e. The first-order valence-corrected chi connectivity index (χ1v) is 8.23. The maximum absolute atomic E-state index is 11.9. The third kappa shape index (κ3) is 3.93. The molecule has 0 bridgehead atoms. The Kier molecular flexibility index (Phi) is 5.24. The maximum Gasteiger partial charge on any atom is 0.193 e. The summed E-state index contributed by atoms with van der Waals surface area (Å²) in [6, 6.07) is 3.63. The van der Waals surface area contributed by atoms with Crippen LogP contribution in [0.4, 0.5) is 0 Å². The number of allylic oxidation sites excluding steroid dienone is 2. The number of halogens is 1. The Morgan fingerprint density at radius 2 is 2.18 bits per heavy atom. The van der Waals surface area contributed by atoms with Gasteiger partial charge in [0.25, 0.3) is 0 Å². The van der Waals surface area contributed by atoms with Gasteiger partial charge < -0.3 is 4.42 Å². The summed E-state index contributed by atoms with van der Waals surface area (Å²) in [7, 11) is 0. The lowest BCUT2D eigenvalue weighted by Crippen LogP contribution is -1.98. The predicted molar refractivity (Wildman–Crippen MR) is 83.3 cm³/mol. The van der Waals surface area contributed by atoms with E-state index in [0.29, 0.717) is 5.76 Å². The van der Waals surface area contributed by atoms with E-state index in [0.717, 1.165) is 19.3 Å². The number of thioether (sulfide) groups is 2. The lowest BCUT2D eigenvalue weighted by atomic mass is 10.3. The fourth-order valence-corrected chi connectivity index (χ4v) is 4.81. The van der Waals surface area contributed by atoms with E-state index in [-0.39, 0.29) is 5.78 Å². The molecule has 2 heterocycles. The molecule has 0 saturated carbocycles. The molecule has 0 aliphatic carbocycles. The SMILES string of the molecule is O=C(/C=C/c1ccco1)C(I)=C1SCCCS1. The van der Waals surface area contributed by atoms with E-state index >= 15 is 0 Å². The van der Waals surface area contributed by atoms with Crippen molar-refractivity contribution in [3.8, 4) is 0 Å². The van der Waals surface area contributed by atoms with E-state index in [1.807, 2.05) is 6.07 Å².